The average molecular weight is 316 g/mol. The zero-order chi connectivity index (χ0) is 15.9. The highest BCUT2D eigenvalue weighted by atomic mass is 16.5. The fourth-order valence-electron chi connectivity index (χ4n) is 2.68. The van der Waals surface area contributed by atoms with Crippen LogP contribution in [0, 0.1) is 0 Å². The van der Waals surface area contributed by atoms with Crippen LogP contribution in [0.3, 0.4) is 0 Å². The van der Waals surface area contributed by atoms with E-state index in [0.717, 1.165) is 56.4 Å². The monoisotopic (exact) mass is 316 g/mol. The Labute approximate surface area is 136 Å². The van der Waals surface area contributed by atoms with Gasteiger partial charge < -0.3 is 15.4 Å². The van der Waals surface area contributed by atoms with Gasteiger partial charge in [-0.1, -0.05) is 6.07 Å². The van der Waals surface area contributed by atoms with E-state index in [-0.39, 0.29) is 6.10 Å². The van der Waals surface area contributed by atoms with E-state index in [1.165, 1.54) is 0 Å². The molecule has 2 aromatic heterocycles. The van der Waals surface area contributed by atoms with Crippen molar-refractivity contribution in [1.82, 2.24) is 25.2 Å². The number of aromatic nitrogens is 3. The fourth-order valence-corrected chi connectivity index (χ4v) is 2.68. The summed E-state index contributed by atoms with van der Waals surface area (Å²) >= 11 is 0. The Kier molecular flexibility index (Phi) is 5.42. The Morgan fingerprint density at radius 1 is 1.39 bits per heavy atom. The molecular formula is C16H24N6O. The molecule has 23 heavy (non-hydrogen) atoms. The van der Waals surface area contributed by atoms with Gasteiger partial charge in [0.05, 0.1) is 12.6 Å². The van der Waals surface area contributed by atoms with Crippen molar-refractivity contribution in [2.45, 2.75) is 32.3 Å². The average Bonchev–Trinajstić information content (AvgIpc) is 3.22. The quantitative estimate of drug-likeness (QED) is 0.614. The predicted octanol–water partition coefficient (Wildman–Crippen LogP) is 1.01. The van der Waals surface area contributed by atoms with E-state index in [2.05, 4.69) is 32.7 Å². The number of hydrogen-bond donors (Lipinski definition) is 2. The number of aliphatic imine (C=N–C) groups is 1. The van der Waals surface area contributed by atoms with Crippen molar-refractivity contribution in [3.05, 3.63) is 30.2 Å². The molecule has 3 heterocycles. The molecule has 0 aliphatic carbocycles. The predicted molar refractivity (Wildman–Crippen MR) is 89.6 cm³/mol. The van der Waals surface area contributed by atoms with E-state index in [9.17, 15) is 0 Å². The highest BCUT2D eigenvalue weighted by Gasteiger charge is 2.14. The van der Waals surface area contributed by atoms with Crippen LogP contribution in [-0.4, -0.2) is 52.9 Å². The highest BCUT2D eigenvalue weighted by molar-refractivity contribution is 5.79. The molecule has 1 saturated heterocycles. The summed E-state index contributed by atoms with van der Waals surface area (Å²) in [6.07, 6.45) is 5.29. The van der Waals surface area contributed by atoms with E-state index in [1.807, 2.05) is 28.8 Å². The van der Waals surface area contributed by atoms with Gasteiger partial charge in [0.1, 0.15) is 5.82 Å². The lowest BCUT2D eigenvalue weighted by Crippen LogP contribution is -2.39. The number of hydrogen-bond acceptors (Lipinski definition) is 4. The molecule has 3 rings (SSSR count). The van der Waals surface area contributed by atoms with Gasteiger partial charge in [-0.15, -0.1) is 10.2 Å². The first kappa shape index (κ1) is 15.7. The fraction of sp³-hybridized carbons (Fsp3) is 0.562. The van der Waals surface area contributed by atoms with Crippen molar-refractivity contribution in [1.29, 1.82) is 0 Å². The molecule has 0 bridgehead atoms. The maximum absolute atomic E-state index is 5.61. The minimum Gasteiger partial charge on any atom is -0.376 e. The van der Waals surface area contributed by atoms with E-state index in [4.69, 9.17) is 4.74 Å². The van der Waals surface area contributed by atoms with Gasteiger partial charge in [-0.2, -0.15) is 0 Å². The Morgan fingerprint density at radius 3 is 3.17 bits per heavy atom. The van der Waals surface area contributed by atoms with Gasteiger partial charge in [-0.25, -0.2) is 0 Å². The van der Waals surface area contributed by atoms with Crippen LogP contribution >= 0.6 is 0 Å². The number of fused-ring (bicyclic) bond motifs is 1. The molecular weight excluding hydrogens is 292 g/mol. The molecule has 0 aromatic carbocycles. The molecule has 1 atom stereocenters. The van der Waals surface area contributed by atoms with Gasteiger partial charge in [0.15, 0.2) is 11.6 Å². The lowest BCUT2D eigenvalue weighted by atomic mass is 10.2. The molecule has 0 radical (unpaired) electrons. The maximum atomic E-state index is 5.61. The maximum Gasteiger partial charge on any atom is 0.191 e. The minimum absolute atomic E-state index is 0.269. The summed E-state index contributed by atoms with van der Waals surface area (Å²) in [5.41, 5.74) is 0.876. The van der Waals surface area contributed by atoms with Crippen LogP contribution in [0.1, 0.15) is 25.6 Å². The summed E-state index contributed by atoms with van der Waals surface area (Å²) < 4.78 is 7.62. The van der Waals surface area contributed by atoms with Crippen LogP contribution in [-0.2, 0) is 11.2 Å². The second-order valence-electron chi connectivity index (χ2n) is 5.58. The zero-order valence-electron chi connectivity index (χ0n) is 13.5. The normalized spacial score (nSPS) is 18.5. The summed E-state index contributed by atoms with van der Waals surface area (Å²) in [6.45, 7) is 5.24. The molecule has 0 spiro atoms. The third-order valence-corrected chi connectivity index (χ3v) is 3.85. The van der Waals surface area contributed by atoms with Crippen molar-refractivity contribution in [3.8, 4) is 0 Å². The van der Waals surface area contributed by atoms with E-state index in [1.54, 1.807) is 0 Å². The van der Waals surface area contributed by atoms with Gasteiger partial charge in [-0.05, 0) is 31.9 Å². The third kappa shape index (κ3) is 4.19. The Bertz CT molecular complexity index is 647. The smallest absolute Gasteiger partial charge is 0.191 e. The van der Waals surface area contributed by atoms with E-state index < -0.39 is 0 Å². The number of rotatable bonds is 6. The number of nitrogens with zero attached hydrogens (tertiary/aromatic N) is 4. The standard InChI is InChI=1S/C16H24N6O/c1-2-17-16(19-12-13-6-5-11-23-13)18-9-8-15-21-20-14-7-3-4-10-22(14)15/h3-4,7,10,13H,2,5-6,8-9,11-12H2,1H3,(H2,17,18,19). The lowest BCUT2D eigenvalue weighted by Gasteiger charge is -2.12. The molecule has 7 heteroatoms. The summed E-state index contributed by atoms with van der Waals surface area (Å²) in [4.78, 5) is 4.60. The van der Waals surface area contributed by atoms with E-state index >= 15 is 0 Å². The van der Waals surface area contributed by atoms with Crippen molar-refractivity contribution >= 4 is 11.6 Å². The summed E-state index contributed by atoms with van der Waals surface area (Å²) in [5, 5.41) is 15.0. The van der Waals surface area contributed by atoms with Gasteiger partial charge >= 0.3 is 0 Å². The van der Waals surface area contributed by atoms with Gasteiger partial charge in [-0.3, -0.25) is 9.39 Å². The first-order chi connectivity index (χ1) is 11.4. The molecule has 124 valence electrons. The number of pyridine rings is 1. The Hall–Kier alpha value is -2.15. The van der Waals surface area contributed by atoms with Gasteiger partial charge in [0.25, 0.3) is 0 Å². The second-order valence-corrected chi connectivity index (χ2v) is 5.58. The minimum atomic E-state index is 0.269. The van der Waals surface area contributed by atoms with Gasteiger partial charge in [0, 0.05) is 32.3 Å². The molecule has 1 aliphatic heterocycles. The number of guanidine groups is 1. The van der Waals surface area contributed by atoms with Crippen molar-refractivity contribution in [3.63, 3.8) is 0 Å². The molecule has 1 aliphatic rings. The van der Waals surface area contributed by atoms with Crippen LogP contribution in [0.4, 0.5) is 0 Å². The number of nitrogens with one attached hydrogen (secondary N) is 2. The topological polar surface area (TPSA) is 75.8 Å². The molecule has 2 aromatic rings. The summed E-state index contributed by atoms with van der Waals surface area (Å²) in [5.74, 6) is 1.78. The first-order valence-corrected chi connectivity index (χ1v) is 8.29. The van der Waals surface area contributed by atoms with Crippen molar-refractivity contribution in [2.24, 2.45) is 4.99 Å². The number of ether oxygens (including phenoxy) is 1. The largest absolute Gasteiger partial charge is 0.376 e. The molecule has 0 saturated carbocycles. The Balaban J connectivity index is 1.53. The van der Waals surface area contributed by atoms with Crippen LogP contribution in [0.25, 0.3) is 5.65 Å². The lowest BCUT2D eigenvalue weighted by molar-refractivity contribution is 0.117. The summed E-state index contributed by atoms with van der Waals surface area (Å²) in [6, 6.07) is 5.91. The molecule has 0 amide bonds. The first-order valence-electron chi connectivity index (χ1n) is 8.29. The molecule has 1 unspecified atom stereocenters. The van der Waals surface area contributed by atoms with Crippen LogP contribution in [0.15, 0.2) is 29.4 Å². The van der Waals surface area contributed by atoms with Crippen molar-refractivity contribution < 1.29 is 4.74 Å². The van der Waals surface area contributed by atoms with Crippen LogP contribution in [0.5, 0.6) is 0 Å². The second kappa shape index (κ2) is 7.92. The van der Waals surface area contributed by atoms with Crippen LogP contribution in [0.2, 0.25) is 0 Å². The third-order valence-electron chi connectivity index (χ3n) is 3.85. The Morgan fingerprint density at radius 2 is 2.35 bits per heavy atom. The zero-order valence-corrected chi connectivity index (χ0v) is 13.5. The summed E-state index contributed by atoms with van der Waals surface area (Å²) in [7, 11) is 0. The SMILES string of the molecule is CCNC(=NCC1CCCO1)NCCc1nnc2ccccn12. The molecule has 7 nitrogen and oxygen atoms in total. The molecule has 1 fully saturated rings. The highest BCUT2D eigenvalue weighted by Crippen LogP contribution is 2.11. The molecule has 2 N–H and O–H groups in total. The van der Waals surface area contributed by atoms with E-state index in [0.29, 0.717) is 6.54 Å². The van der Waals surface area contributed by atoms with Crippen LogP contribution < -0.4 is 10.6 Å². The van der Waals surface area contributed by atoms with Gasteiger partial charge in [0.2, 0.25) is 0 Å². The van der Waals surface area contributed by atoms with Crippen molar-refractivity contribution in [2.75, 3.05) is 26.2 Å².